The van der Waals surface area contributed by atoms with Gasteiger partial charge in [-0.15, -0.1) is 0 Å². The average molecular weight is 418 g/mol. The van der Waals surface area contributed by atoms with Crippen LogP contribution in [0.25, 0.3) is 0 Å². The Labute approximate surface area is 137 Å². The third-order valence-electron chi connectivity index (χ3n) is 2.41. The zero-order valence-corrected chi connectivity index (χ0v) is 12.5. The van der Waals surface area contributed by atoms with E-state index in [-0.39, 0.29) is 12.8 Å². The molecule has 156 valence electrons. The average Bonchev–Trinajstić information content (AvgIpc) is 2.45. The first kappa shape index (κ1) is 24.6. The Kier molecular flexibility index (Phi) is 8.09. The Morgan fingerprint density at radius 1 is 0.885 bits per heavy atom. The number of hydrogen-bond acceptors (Lipinski definition) is 3. The van der Waals surface area contributed by atoms with Gasteiger partial charge in [0, 0.05) is 0 Å². The van der Waals surface area contributed by atoms with E-state index in [1.807, 2.05) is 0 Å². The maximum atomic E-state index is 13.0. The van der Waals surface area contributed by atoms with Gasteiger partial charge in [-0.25, -0.2) is 4.39 Å². The van der Waals surface area contributed by atoms with E-state index in [1.54, 1.807) is 0 Å². The highest BCUT2D eigenvalue weighted by Crippen LogP contribution is 2.49. The van der Waals surface area contributed by atoms with Crippen molar-refractivity contribution in [1.29, 1.82) is 0 Å². The summed E-state index contributed by atoms with van der Waals surface area (Å²) >= 11 is 0. The molecule has 0 aliphatic carbocycles. The standard InChI is InChI=1S/C11H10F12O3/c1-2-3-4-24-8(16,17)7(15)26-11(22,23)9(18,19)10(20,21)25-6(14)5(12)13/h7H,2-4H2,1H3. The molecule has 0 aliphatic rings. The van der Waals surface area contributed by atoms with E-state index >= 15 is 0 Å². The molecule has 0 fully saturated rings. The number of halogens is 12. The summed E-state index contributed by atoms with van der Waals surface area (Å²) < 4.78 is 160. The molecule has 15 heteroatoms. The molecule has 0 radical (unpaired) electrons. The quantitative estimate of drug-likeness (QED) is 0.249. The monoisotopic (exact) mass is 418 g/mol. The molecular formula is C11H10F12O3. The first-order valence-corrected chi connectivity index (χ1v) is 6.38. The summed E-state index contributed by atoms with van der Waals surface area (Å²) in [4.78, 5) is 0. The summed E-state index contributed by atoms with van der Waals surface area (Å²) in [6, 6.07) is -3.66. The Morgan fingerprint density at radius 2 is 1.38 bits per heavy atom. The van der Waals surface area contributed by atoms with Gasteiger partial charge in [0.15, 0.2) is 0 Å². The summed E-state index contributed by atoms with van der Waals surface area (Å²) in [5, 5.41) is 0. The van der Waals surface area contributed by atoms with Crippen molar-refractivity contribution < 1.29 is 66.9 Å². The zero-order chi connectivity index (χ0) is 21.0. The highest BCUT2D eigenvalue weighted by Gasteiger charge is 2.77. The Bertz CT molecular complexity index is 489. The lowest BCUT2D eigenvalue weighted by atomic mass is 10.3. The number of hydrogen-bond donors (Lipinski definition) is 0. The molecule has 0 rings (SSSR count). The largest absolute Gasteiger partial charge is 0.475 e. The summed E-state index contributed by atoms with van der Waals surface area (Å²) in [5.41, 5.74) is 0. The highest BCUT2D eigenvalue weighted by molar-refractivity contribution is 4.91. The predicted molar refractivity (Wildman–Crippen MR) is 58.1 cm³/mol. The van der Waals surface area contributed by atoms with Crippen LogP contribution in [0.2, 0.25) is 0 Å². The number of ether oxygens (including phenoxy) is 3. The smallest absolute Gasteiger partial charge is 0.397 e. The molecule has 0 spiro atoms. The fourth-order valence-electron chi connectivity index (χ4n) is 1.08. The van der Waals surface area contributed by atoms with Crippen LogP contribution in [0.5, 0.6) is 0 Å². The molecule has 0 amide bonds. The van der Waals surface area contributed by atoms with Crippen molar-refractivity contribution in [2.24, 2.45) is 0 Å². The van der Waals surface area contributed by atoms with Gasteiger partial charge in [0.05, 0.1) is 6.61 Å². The van der Waals surface area contributed by atoms with Crippen LogP contribution in [0.3, 0.4) is 0 Å². The lowest BCUT2D eigenvalue weighted by molar-refractivity contribution is -0.478. The molecule has 0 saturated heterocycles. The molecule has 0 heterocycles. The van der Waals surface area contributed by atoms with E-state index < -0.39 is 49.3 Å². The topological polar surface area (TPSA) is 27.7 Å². The van der Waals surface area contributed by atoms with E-state index in [0.29, 0.717) is 0 Å². The van der Waals surface area contributed by atoms with Gasteiger partial charge < -0.3 is 9.47 Å². The van der Waals surface area contributed by atoms with Gasteiger partial charge in [-0.3, -0.25) is 4.74 Å². The molecule has 0 aromatic rings. The van der Waals surface area contributed by atoms with Gasteiger partial charge in [0.25, 0.3) is 6.36 Å². The van der Waals surface area contributed by atoms with Gasteiger partial charge in [-0.1, -0.05) is 13.3 Å². The van der Waals surface area contributed by atoms with E-state index in [9.17, 15) is 52.7 Å². The van der Waals surface area contributed by atoms with E-state index in [0.717, 1.165) is 0 Å². The molecule has 1 atom stereocenters. The third kappa shape index (κ3) is 5.82. The zero-order valence-electron chi connectivity index (χ0n) is 12.5. The van der Waals surface area contributed by atoms with Crippen LogP contribution < -0.4 is 0 Å². The Hall–Kier alpha value is -1.38. The summed E-state index contributed by atoms with van der Waals surface area (Å²) in [6.07, 6.45) is -27.0. The summed E-state index contributed by atoms with van der Waals surface area (Å²) in [6.45, 7) is 0.524. The van der Waals surface area contributed by atoms with Crippen LogP contribution in [0.15, 0.2) is 12.1 Å². The van der Waals surface area contributed by atoms with Crippen molar-refractivity contribution in [3.8, 4) is 0 Å². The first-order chi connectivity index (χ1) is 11.5. The number of alkyl halides is 9. The van der Waals surface area contributed by atoms with Crippen LogP contribution in [-0.2, 0) is 14.2 Å². The molecular weight excluding hydrogens is 408 g/mol. The van der Waals surface area contributed by atoms with E-state index in [4.69, 9.17) is 0 Å². The molecule has 0 aromatic carbocycles. The molecule has 0 bridgehead atoms. The van der Waals surface area contributed by atoms with E-state index in [2.05, 4.69) is 14.2 Å². The molecule has 0 aromatic heterocycles. The first-order valence-electron chi connectivity index (χ1n) is 6.38. The number of rotatable bonds is 11. The molecule has 0 aliphatic heterocycles. The van der Waals surface area contributed by atoms with Gasteiger partial charge in [0.2, 0.25) is 0 Å². The van der Waals surface area contributed by atoms with Crippen molar-refractivity contribution in [3.63, 3.8) is 0 Å². The normalized spacial score (nSPS) is 15.0. The van der Waals surface area contributed by atoms with Crippen LogP contribution in [0.1, 0.15) is 19.8 Å². The predicted octanol–water partition coefficient (Wildman–Crippen LogP) is 5.58. The lowest BCUT2D eigenvalue weighted by Gasteiger charge is -2.32. The van der Waals surface area contributed by atoms with Crippen molar-refractivity contribution in [3.05, 3.63) is 12.1 Å². The third-order valence-corrected chi connectivity index (χ3v) is 2.41. The minimum absolute atomic E-state index is 0.138. The lowest BCUT2D eigenvalue weighted by Crippen LogP contribution is -2.58. The van der Waals surface area contributed by atoms with E-state index in [1.165, 1.54) is 6.92 Å². The molecule has 0 N–H and O–H groups in total. The molecule has 3 nitrogen and oxygen atoms in total. The fraction of sp³-hybridized carbons (Fsp3) is 0.818. The molecule has 0 saturated carbocycles. The van der Waals surface area contributed by atoms with Crippen molar-refractivity contribution in [1.82, 2.24) is 0 Å². The maximum Gasteiger partial charge on any atom is 0.475 e. The van der Waals surface area contributed by atoms with Crippen LogP contribution in [0, 0.1) is 0 Å². The van der Waals surface area contributed by atoms with Crippen LogP contribution in [-0.4, -0.2) is 37.2 Å². The van der Waals surface area contributed by atoms with Crippen molar-refractivity contribution in [2.45, 2.75) is 50.4 Å². The van der Waals surface area contributed by atoms with Gasteiger partial charge in [0.1, 0.15) is 0 Å². The van der Waals surface area contributed by atoms with Gasteiger partial charge in [-0.05, 0) is 6.42 Å². The Morgan fingerprint density at radius 3 is 1.81 bits per heavy atom. The van der Waals surface area contributed by atoms with Crippen molar-refractivity contribution in [2.75, 3.05) is 6.61 Å². The fourth-order valence-corrected chi connectivity index (χ4v) is 1.08. The highest BCUT2D eigenvalue weighted by atomic mass is 19.4. The van der Waals surface area contributed by atoms with Crippen LogP contribution in [0.4, 0.5) is 52.7 Å². The van der Waals surface area contributed by atoms with Gasteiger partial charge >= 0.3 is 36.3 Å². The SMILES string of the molecule is CCCCOC(F)(F)C(F)OC(F)(F)C(F)(F)C(F)(F)OC(F)=C(F)F. The second-order valence-electron chi connectivity index (χ2n) is 4.44. The summed E-state index contributed by atoms with van der Waals surface area (Å²) in [5.74, 6) is -7.05. The number of unbranched alkanes of at least 4 members (excludes halogenated alkanes) is 1. The second-order valence-corrected chi connectivity index (χ2v) is 4.44. The second kappa shape index (κ2) is 8.54. The minimum atomic E-state index is -7.05. The molecule has 1 unspecified atom stereocenters. The molecule has 26 heavy (non-hydrogen) atoms. The maximum absolute atomic E-state index is 13.0. The Balaban J connectivity index is 5.35. The summed E-state index contributed by atoms with van der Waals surface area (Å²) in [7, 11) is 0. The minimum Gasteiger partial charge on any atom is -0.397 e. The van der Waals surface area contributed by atoms with Gasteiger partial charge in [-0.2, -0.15) is 48.3 Å². The van der Waals surface area contributed by atoms with Crippen LogP contribution >= 0.6 is 0 Å². The van der Waals surface area contributed by atoms with Crippen molar-refractivity contribution >= 4 is 0 Å².